The number of amides is 1. The summed E-state index contributed by atoms with van der Waals surface area (Å²) < 4.78 is 23.1. The van der Waals surface area contributed by atoms with Gasteiger partial charge in [0.25, 0.3) is 5.91 Å². The zero-order chi connectivity index (χ0) is 15.7. The molecule has 1 fully saturated rings. The molecule has 1 atom stereocenters. The Balaban J connectivity index is 2.09. The molecular formula is C12H20N4O3S2. The maximum Gasteiger partial charge on any atom is 0.265 e. The highest BCUT2D eigenvalue weighted by Crippen LogP contribution is 2.28. The number of nitrogens with one attached hydrogen (secondary N) is 2. The molecule has 0 spiro atoms. The van der Waals surface area contributed by atoms with Crippen molar-refractivity contribution in [2.45, 2.75) is 32.2 Å². The third-order valence-electron chi connectivity index (χ3n) is 3.30. The summed E-state index contributed by atoms with van der Waals surface area (Å²) in [6.07, 6.45) is 1.36. The molecule has 118 valence electrons. The molecule has 1 aliphatic rings. The van der Waals surface area contributed by atoms with Crippen LogP contribution in [0.1, 0.15) is 36.4 Å². The van der Waals surface area contributed by atoms with Crippen LogP contribution in [-0.2, 0) is 9.84 Å². The van der Waals surface area contributed by atoms with Crippen LogP contribution >= 0.6 is 11.3 Å². The number of hydrogen-bond donors (Lipinski definition) is 3. The van der Waals surface area contributed by atoms with Gasteiger partial charge >= 0.3 is 0 Å². The van der Waals surface area contributed by atoms with Crippen LogP contribution in [0.5, 0.6) is 0 Å². The van der Waals surface area contributed by atoms with Crippen LogP contribution in [-0.4, -0.2) is 42.9 Å². The standard InChI is InChI=1S/C12H20N4O3S2/c1-3-5-14-11-15-9(13)8(20-11)10(17)16-12(2)4-6-21(18,19)7-12/h3-7,13H2,1-2H3,(H,14,15)(H,16,17). The SMILES string of the molecule is CCCNc1nc(N)c(C(=O)NC2(C)CCS(=O)(=O)C2)s1. The topological polar surface area (TPSA) is 114 Å². The van der Waals surface area contributed by atoms with Gasteiger partial charge in [0.05, 0.1) is 17.0 Å². The molecule has 1 unspecified atom stereocenters. The van der Waals surface area contributed by atoms with Crippen LogP contribution in [0, 0.1) is 0 Å². The fourth-order valence-corrected chi connectivity index (χ4v) is 5.14. The Hall–Kier alpha value is -1.35. The van der Waals surface area contributed by atoms with E-state index in [-0.39, 0.29) is 23.2 Å². The fraction of sp³-hybridized carbons (Fsp3) is 0.667. The lowest BCUT2D eigenvalue weighted by molar-refractivity contribution is 0.0920. The average Bonchev–Trinajstić information content (AvgIpc) is 2.87. The maximum absolute atomic E-state index is 12.3. The second-order valence-corrected chi connectivity index (χ2v) is 8.70. The lowest BCUT2D eigenvalue weighted by atomic mass is 10.0. The minimum absolute atomic E-state index is 0.0363. The number of carbonyl (C=O) groups excluding carboxylic acids is 1. The summed E-state index contributed by atoms with van der Waals surface area (Å²) in [5.41, 5.74) is 5.03. The molecule has 2 heterocycles. The van der Waals surface area contributed by atoms with Crippen molar-refractivity contribution in [3.8, 4) is 0 Å². The van der Waals surface area contributed by atoms with Crippen LogP contribution < -0.4 is 16.4 Å². The summed E-state index contributed by atoms with van der Waals surface area (Å²) in [6, 6.07) is 0. The zero-order valence-corrected chi connectivity index (χ0v) is 13.7. The maximum atomic E-state index is 12.3. The van der Waals surface area contributed by atoms with Crippen LogP contribution in [0.3, 0.4) is 0 Å². The van der Waals surface area contributed by atoms with Crippen molar-refractivity contribution in [2.24, 2.45) is 0 Å². The first-order chi connectivity index (χ1) is 9.75. The van der Waals surface area contributed by atoms with Crippen molar-refractivity contribution in [3.63, 3.8) is 0 Å². The third-order valence-corrected chi connectivity index (χ3v) is 6.24. The molecule has 4 N–H and O–H groups in total. The number of nitrogen functional groups attached to an aromatic ring is 1. The van der Waals surface area contributed by atoms with Crippen LogP contribution in [0.2, 0.25) is 0 Å². The number of rotatable bonds is 5. The smallest absolute Gasteiger partial charge is 0.265 e. The van der Waals surface area contributed by atoms with Crippen LogP contribution in [0.4, 0.5) is 10.9 Å². The Bertz CT molecular complexity index is 641. The largest absolute Gasteiger partial charge is 0.382 e. The molecule has 1 saturated heterocycles. The van der Waals surface area contributed by atoms with E-state index in [4.69, 9.17) is 5.73 Å². The van der Waals surface area contributed by atoms with E-state index < -0.39 is 15.4 Å². The summed E-state index contributed by atoms with van der Waals surface area (Å²) in [5, 5.41) is 6.46. The van der Waals surface area contributed by atoms with Crippen molar-refractivity contribution < 1.29 is 13.2 Å². The van der Waals surface area contributed by atoms with Gasteiger partial charge in [0, 0.05) is 6.54 Å². The third kappa shape index (κ3) is 3.85. The van der Waals surface area contributed by atoms with E-state index in [0.717, 1.165) is 13.0 Å². The Morgan fingerprint density at radius 2 is 2.24 bits per heavy atom. The molecule has 21 heavy (non-hydrogen) atoms. The molecule has 1 aliphatic heterocycles. The molecule has 0 bridgehead atoms. The van der Waals surface area contributed by atoms with E-state index in [1.807, 2.05) is 6.92 Å². The summed E-state index contributed by atoms with van der Waals surface area (Å²) in [6.45, 7) is 4.52. The summed E-state index contributed by atoms with van der Waals surface area (Å²) in [7, 11) is -3.07. The van der Waals surface area contributed by atoms with Gasteiger partial charge in [-0.05, 0) is 19.8 Å². The molecule has 1 amide bonds. The molecule has 1 aromatic rings. The van der Waals surface area contributed by atoms with Gasteiger partial charge in [-0.2, -0.15) is 0 Å². The van der Waals surface area contributed by atoms with Crippen LogP contribution in [0.25, 0.3) is 0 Å². The molecular weight excluding hydrogens is 312 g/mol. The highest BCUT2D eigenvalue weighted by Gasteiger charge is 2.40. The Morgan fingerprint density at radius 1 is 1.52 bits per heavy atom. The van der Waals surface area contributed by atoms with E-state index in [9.17, 15) is 13.2 Å². The summed E-state index contributed by atoms with van der Waals surface area (Å²) in [5.74, 6) is -0.133. The molecule has 0 saturated carbocycles. The number of nitrogens with zero attached hydrogens (tertiary/aromatic N) is 1. The molecule has 7 nitrogen and oxygen atoms in total. The molecule has 2 rings (SSSR count). The molecule has 0 aromatic carbocycles. The van der Waals surface area contributed by atoms with Gasteiger partial charge in [-0.3, -0.25) is 4.79 Å². The average molecular weight is 332 g/mol. The summed E-state index contributed by atoms with van der Waals surface area (Å²) in [4.78, 5) is 16.7. The molecule has 1 aromatic heterocycles. The monoisotopic (exact) mass is 332 g/mol. The van der Waals surface area contributed by atoms with Crippen molar-refractivity contribution >= 4 is 38.0 Å². The molecule has 0 aliphatic carbocycles. The quantitative estimate of drug-likeness (QED) is 0.736. The van der Waals surface area contributed by atoms with E-state index in [0.29, 0.717) is 16.4 Å². The zero-order valence-electron chi connectivity index (χ0n) is 12.1. The minimum atomic E-state index is -3.07. The molecule has 9 heteroatoms. The second kappa shape index (κ2) is 5.80. The van der Waals surface area contributed by atoms with Crippen molar-refractivity contribution in [1.82, 2.24) is 10.3 Å². The van der Waals surface area contributed by atoms with E-state index in [2.05, 4.69) is 15.6 Å². The predicted octanol–water partition coefficient (Wildman–Crippen LogP) is 0.854. The van der Waals surface area contributed by atoms with Gasteiger partial charge in [-0.1, -0.05) is 18.3 Å². The first-order valence-corrected chi connectivity index (χ1v) is 9.41. The number of sulfone groups is 1. The van der Waals surface area contributed by atoms with Gasteiger partial charge in [-0.15, -0.1) is 0 Å². The number of carbonyl (C=O) groups is 1. The first kappa shape index (κ1) is 16.0. The van der Waals surface area contributed by atoms with E-state index in [1.54, 1.807) is 6.92 Å². The second-order valence-electron chi connectivity index (χ2n) is 5.52. The minimum Gasteiger partial charge on any atom is -0.382 e. The van der Waals surface area contributed by atoms with Crippen LogP contribution in [0.15, 0.2) is 0 Å². The van der Waals surface area contributed by atoms with Gasteiger partial charge in [0.15, 0.2) is 15.0 Å². The van der Waals surface area contributed by atoms with Gasteiger partial charge in [0.2, 0.25) is 0 Å². The highest BCUT2D eigenvalue weighted by atomic mass is 32.2. The normalized spacial score (nSPS) is 23.9. The number of aromatic nitrogens is 1. The lowest BCUT2D eigenvalue weighted by Crippen LogP contribution is -2.46. The Morgan fingerprint density at radius 3 is 2.81 bits per heavy atom. The van der Waals surface area contributed by atoms with Crippen molar-refractivity contribution in [2.75, 3.05) is 29.1 Å². The number of thiazole rings is 1. The van der Waals surface area contributed by atoms with Gasteiger partial charge in [-0.25, -0.2) is 13.4 Å². The number of anilines is 2. The Labute approximate surface area is 128 Å². The van der Waals surface area contributed by atoms with Gasteiger partial charge < -0.3 is 16.4 Å². The number of nitrogens with two attached hydrogens (primary N) is 1. The highest BCUT2D eigenvalue weighted by molar-refractivity contribution is 7.91. The summed E-state index contributed by atoms with van der Waals surface area (Å²) >= 11 is 1.18. The number of hydrogen-bond acceptors (Lipinski definition) is 7. The van der Waals surface area contributed by atoms with Gasteiger partial charge in [0.1, 0.15) is 10.7 Å². The van der Waals surface area contributed by atoms with Crippen molar-refractivity contribution in [3.05, 3.63) is 4.88 Å². The van der Waals surface area contributed by atoms with Crippen molar-refractivity contribution in [1.29, 1.82) is 0 Å². The fourth-order valence-electron chi connectivity index (χ4n) is 2.24. The molecule has 0 radical (unpaired) electrons. The van der Waals surface area contributed by atoms with E-state index >= 15 is 0 Å². The predicted molar refractivity (Wildman–Crippen MR) is 84.4 cm³/mol. The first-order valence-electron chi connectivity index (χ1n) is 6.78. The lowest BCUT2D eigenvalue weighted by Gasteiger charge is -2.23. The van der Waals surface area contributed by atoms with E-state index in [1.165, 1.54) is 11.3 Å². The Kier molecular flexibility index (Phi) is 4.43.